The summed E-state index contributed by atoms with van der Waals surface area (Å²) < 4.78 is 26.0. The predicted octanol–water partition coefficient (Wildman–Crippen LogP) is 3.69. The summed E-state index contributed by atoms with van der Waals surface area (Å²) >= 11 is 6.05. The van der Waals surface area contributed by atoms with E-state index in [-0.39, 0.29) is 11.7 Å². The van der Waals surface area contributed by atoms with Gasteiger partial charge in [0.1, 0.15) is 0 Å². The molecule has 7 heteroatoms. The Kier molecular flexibility index (Phi) is 5.01. The van der Waals surface area contributed by atoms with Crippen LogP contribution in [-0.4, -0.2) is 26.6 Å². The summed E-state index contributed by atoms with van der Waals surface area (Å²) in [4.78, 5) is 12.4. The number of sulfonamides is 1. The maximum atomic E-state index is 12.4. The molecule has 2 aromatic rings. The molecule has 0 fully saturated rings. The molecule has 1 amide bonds. The van der Waals surface area contributed by atoms with E-state index in [4.69, 9.17) is 11.6 Å². The Morgan fingerprint density at radius 1 is 1.24 bits per heavy atom. The van der Waals surface area contributed by atoms with Crippen LogP contribution in [-0.2, 0) is 16.4 Å². The second-order valence-electron chi connectivity index (χ2n) is 5.85. The van der Waals surface area contributed by atoms with Crippen molar-refractivity contribution in [3.63, 3.8) is 0 Å². The molecule has 1 aliphatic rings. The molecule has 0 spiro atoms. The molecule has 0 unspecified atom stereocenters. The van der Waals surface area contributed by atoms with E-state index in [2.05, 4.69) is 5.32 Å². The number of halogens is 1. The maximum absolute atomic E-state index is 12.4. The molecule has 5 nitrogen and oxygen atoms in total. The summed E-state index contributed by atoms with van der Waals surface area (Å²) in [6, 6.07) is 12.1. The Labute approximate surface area is 152 Å². The fourth-order valence-corrected chi connectivity index (χ4v) is 4.35. The Bertz CT molecular complexity index is 912. The lowest BCUT2D eigenvalue weighted by atomic mass is 10.0. The molecule has 132 valence electrons. The number of anilines is 2. The molecular formula is C18H19ClN2O3S. The van der Waals surface area contributed by atoms with Crippen LogP contribution in [0.3, 0.4) is 0 Å². The SMILES string of the molecule is CCS(=O)(=O)N1CCCc2cc(NC(=O)c3ccccc3Cl)ccc21. The Balaban J connectivity index is 1.87. The molecule has 0 aromatic heterocycles. The first kappa shape index (κ1) is 17.8. The summed E-state index contributed by atoms with van der Waals surface area (Å²) in [5, 5.41) is 3.21. The van der Waals surface area contributed by atoms with Gasteiger partial charge in [0.25, 0.3) is 5.91 Å². The van der Waals surface area contributed by atoms with Gasteiger partial charge in [-0.25, -0.2) is 8.42 Å². The van der Waals surface area contributed by atoms with Gasteiger partial charge < -0.3 is 5.32 Å². The van der Waals surface area contributed by atoms with E-state index in [1.165, 1.54) is 4.31 Å². The van der Waals surface area contributed by atoms with E-state index in [1.807, 2.05) is 6.07 Å². The first-order chi connectivity index (χ1) is 11.9. The zero-order chi connectivity index (χ0) is 18.0. The van der Waals surface area contributed by atoms with Crippen LogP contribution in [0, 0.1) is 0 Å². The van der Waals surface area contributed by atoms with Gasteiger partial charge in [0.15, 0.2) is 0 Å². The highest BCUT2D eigenvalue weighted by atomic mass is 35.5. The standard InChI is InChI=1S/C18H19ClN2O3S/c1-2-25(23,24)21-11-5-6-13-12-14(9-10-17(13)21)20-18(22)15-7-3-4-8-16(15)19/h3-4,7-10,12H,2,5-6,11H2,1H3,(H,20,22). The summed E-state index contributed by atoms with van der Waals surface area (Å²) in [6.45, 7) is 2.14. The first-order valence-electron chi connectivity index (χ1n) is 8.11. The zero-order valence-corrected chi connectivity index (χ0v) is 15.4. The van der Waals surface area contributed by atoms with Crippen LogP contribution >= 0.6 is 11.6 Å². The predicted molar refractivity (Wildman–Crippen MR) is 101 cm³/mol. The van der Waals surface area contributed by atoms with Crippen LogP contribution in [0.5, 0.6) is 0 Å². The van der Waals surface area contributed by atoms with Gasteiger partial charge in [-0.15, -0.1) is 0 Å². The Hall–Kier alpha value is -2.05. The van der Waals surface area contributed by atoms with Crippen LogP contribution in [0.4, 0.5) is 11.4 Å². The number of aryl methyl sites for hydroxylation is 1. The second kappa shape index (κ2) is 7.06. The van der Waals surface area contributed by atoms with Crippen molar-refractivity contribution >= 4 is 38.9 Å². The molecule has 0 atom stereocenters. The molecule has 1 heterocycles. The first-order valence-corrected chi connectivity index (χ1v) is 10.1. The highest BCUT2D eigenvalue weighted by Gasteiger charge is 2.26. The number of hydrogen-bond donors (Lipinski definition) is 1. The van der Waals surface area contributed by atoms with Crippen molar-refractivity contribution in [1.29, 1.82) is 0 Å². The van der Waals surface area contributed by atoms with Crippen LogP contribution in [0.15, 0.2) is 42.5 Å². The average molecular weight is 379 g/mol. The third-order valence-electron chi connectivity index (χ3n) is 4.23. The summed E-state index contributed by atoms with van der Waals surface area (Å²) in [6.07, 6.45) is 1.54. The van der Waals surface area contributed by atoms with E-state index in [1.54, 1.807) is 43.3 Å². The monoisotopic (exact) mass is 378 g/mol. The quantitative estimate of drug-likeness (QED) is 0.882. The van der Waals surface area contributed by atoms with Crippen molar-refractivity contribution in [2.24, 2.45) is 0 Å². The van der Waals surface area contributed by atoms with Crippen LogP contribution in [0.2, 0.25) is 5.02 Å². The number of carbonyl (C=O) groups excluding carboxylic acids is 1. The van der Waals surface area contributed by atoms with E-state index in [0.717, 1.165) is 18.4 Å². The van der Waals surface area contributed by atoms with Crippen LogP contribution in [0.25, 0.3) is 0 Å². The van der Waals surface area contributed by atoms with Crippen molar-refractivity contribution in [3.8, 4) is 0 Å². The number of rotatable bonds is 4. The highest BCUT2D eigenvalue weighted by Crippen LogP contribution is 2.32. The van der Waals surface area contributed by atoms with E-state index >= 15 is 0 Å². The van der Waals surface area contributed by atoms with Gasteiger partial charge in [-0.05, 0) is 55.7 Å². The number of hydrogen-bond acceptors (Lipinski definition) is 3. The minimum absolute atomic E-state index is 0.0669. The smallest absolute Gasteiger partial charge is 0.257 e. The topological polar surface area (TPSA) is 66.5 Å². The van der Waals surface area contributed by atoms with Crippen molar-refractivity contribution in [1.82, 2.24) is 0 Å². The molecule has 0 aliphatic carbocycles. The van der Waals surface area contributed by atoms with Crippen molar-refractivity contribution in [2.75, 3.05) is 21.9 Å². The van der Waals surface area contributed by atoms with Gasteiger partial charge >= 0.3 is 0 Å². The van der Waals surface area contributed by atoms with Gasteiger partial charge in [0, 0.05) is 12.2 Å². The van der Waals surface area contributed by atoms with E-state index in [9.17, 15) is 13.2 Å². The van der Waals surface area contributed by atoms with Crippen molar-refractivity contribution in [2.45, 2.75) is 19.8 Å². The molecule has 0 saturated carbocycles. The van der Waals surface area contributed by atoms with Crippen LogP contribution < -0.4 is 9.62 Å². The second-order valence-corrected chi connectivity index (χ2v) is 8.44. The maximum Gasteiger partial charge on any atom is 0.257 e. The normalized spacial score (nSPS) is 14.1. The molecule has 25 heavy (non-hydrogen) atoms. The van der Waals surface area contributed by atoms with Gasteiger partial charge in [-0.1, -0.05) is 23.7 Å². The number of fused-ring (bicyclic) bond motifs is 1. The average Bonchev–Trinajstić information content (AvgIpc) is 2.61. The lowest BCUT2D eigenvalue weighted by molar-refractivity contribution is 0.102. The lowest BCUT2D eigenvalue weighted by Crippen LogP contribution is -2.36. The number of amides is 1. The minimum atomic E-state index is -3.29. The van der Waals surface area contributed by atoms with Gasteiger partial charge in [-0.2, -0.15) is 0 Å². The number of nitrogens with zero attached hydrogens (tertiary/aromatic N) is 1. The van der Waals surface area contributed by atoms with Gasteiger partial charge in [-0.3, -0.25) is 9.10 Å². The van der Waals surface area contributed by atoms with E-state index in [0.29, 0.717) is 28.5 Å². The fourth-order valence-electron chi connectivity index (χ4n) is 2.93. The number of carbonyl (C=O) groups is 1. The van der Waals surface area contributed by atoms with Crippen LogP contribution in [0.1, 0.15) is 29.3 Å². The molecule has 1 N–H and O–H groups in total. The number of benzene rings is 2. The third-order valence-corrected chi connectivity index (χ3v) is 6.34. The van der Waals surface area contributed by atoms with Crippen molar-refractivity contribution < 1.29 is 13.2 Å². The largest absolute Gasteiger partial charge is 0.322 e. The molecule has 3 rings (SSSR count). The summed E-state index contributed by atoms with van der Waals surface area (Å²) in [7, 11) is -3.29. The molecule has 0 radical (unpaired) electrons. The zero-order valence-electron chi connectivity index (χ0n) is 13.8. The third kappa shape index (κ3) is 3.65. The molecule has 0 bridgehead atoms. The molecular weight excluding hydrogens is 360 g/mol. The summed E-state index contributed by atoms with van der Waals surface area (Å²) in [5.74, 6) is -0.225. The van der Waals surface area contributed by atoms with Crippen molar-refractivity contribution in [3.05, 3.63) is 58.6 Å². The Morgan fingerprint density at radius 3 is 2.72 bits per heavy atom. The van der Waals surface area contributed by atoms with Gasteiger partial charge in [0.2, 0.25) is 10.0 Å². The van der Waals surface area contributed by atoms with Gasteiger partial charge in [0.05, 0.1) is 22.0 Å². The lowest BCUT2D eigenvalue weighted by Gasteiger charge is -2.30. The highest BCUT2D eigenvalue weighted by molar-refractivity contribution is 7.92. The molecule has 0 saturated heterocycles. The molecule has 2 aromatic carbocycles. The minimum Gasteiger partial charge on any atom is -0.322 e. The molecule has 1 aliphatic heterocycles. The van der Waals surface area contributed by atoms with E-state index < -0.39 is 10.0 Å². The Morgan fingerprint density at radius 2 is 2.00 bits per heavy atom. The summed E-state index contributed by atoms with van der Waals surface area (Å²) in [5.41, 5.74) is 2.64. The number of nitrogens with one attached hydrogen (secondary N) is 1. The fraction of sp³-hybridized carbons (Fsp3) is 0.278.